The van der Waals surface area contributed by atoms with Gasteiger partial charge in [0.05, 0.1) is 6.04 Å². The van der Waals surface area contributed by atoms with Gasteiger partial charge in [0, 0.05) is 15.7 Å². The van der Waals surface area contributed by atoms with Crippen molar-refractivity contribution in [3.8, 4) is 0 Å². The summed E-state index contributed by atoms with van der Waals surface area (Å²) < 4.78 is 0. The molecule has 0 radical (unpaired) electrons. The fourth-order valence-corrected chi connectivity index (χ4v) is 3.71. The predicted molar refractivity (Wildman–Crippen MR) is 105 cm³/mol. The molecule has 3 rings (SSSR count). The first-order chi connectivity index (χ1) is 12.4. The molecule has 0 bridgehead atoms. The molecule has 0 fully saturated rings. The zero-order chi connectivity index (χ0) is 18.7. The van der Waals surface area contributed by atoms with Crippen LogP contribution >= 0.6 is 23.2 Å². The molecule has 6 heteroatoms. The van der Waals surface area contributed by atoms with Crippen LogP contribution in [0.2, 0.25) is 10.0 Å². The summed E-state index contributed by atoms with van der Waals surface area (Å²) in [6.45, 7) is 1.87. The summed E-state index contributed by atoms with van der Waals surface area (Å²) in [5.41, 5.74) is 4.10. The summed E-state index contributed by atoms with van der Waals surface area (Å²) in [6, 6.07) is 10.6. The van der Waals surface area contributed by atoms with Crippen molar-refractivity contribution in [1.82, 2.24) is 5.32 Å². The highest BCUT2D eigenvalue weighted by atomic mass is 35.5. The van der Waals surface area contributed by atoms with E-state index < -0.39 is 11.8 Å². The number of carbonyl (C=O) groups is 2. The first-order valence-electron chi connectivity index (χ1n) is 8.62. The SMILES string of the molecule is CC(NC(=O)C(=O)Nc1cc(Cl)cc(Cl)c1)c1ccc2c(c1)CCCC2. The topological polar surface area (TPSA) is 58.2 Å². The monoisotopic (exact) mass is 390 g/mol. The Morgan fingerprint density at radius 3 is 2.27 bits per heavy atom. The van der Waals surface area contributed by atoms with E-state index in [1.807, 2.05) is 13.0 Å². The molecule has 0 spiro atoms. The van der Waals surface area contributed by atoms with E-state index in [0.717, 1.165) is 18.4 Å². The van der Waals surface area contributed by atoms with Crippen molar-refractivity contribution in [2.24, 2.45) is 0 Å². The highest BCUT2D eigenvalue weighted by molar-refractivity contribution is 6.40. The molecule has 0 aliphatic heterocycles. The number of hydrogen-bond acceptors (Lipinski definition) is 2. The molecule has 2 aromatic carbocycles. The number of rotatable bonds is 3. The number of fused-ring (bicyclic) bond motifs is 1. The van der Waals surface area contributed by atoms with Gasteiger partial charge in [0.15, 0.2) is 0 Å². The lowest BCUT2D eigenvalue weighted by Crippen LogP contribution is -2.37. The van der Waals surface area contributed by atoms with Gasteiger partial charge in [-0.05, 0) is 67.5 Å². The first kappa shape index (κ1) is 18.7. The summed E-state index contributed by atoms with van der Waals surface area (Å²) in [6.07, 6.45) is 4.61. The summed E-state index contributed by atoms with van der Waals surface area (Å²) in [5.74, 6) is -1.46. The Kier molecular flexibility index (Phi) is 5.84. The Bertz CT molecular complexity index is 831. The molecule has 26 heavy (non-hydrogen) atoms. The second-order valence-electron chi connectivity index (χ2n) is 6.54. The van der Waals surface area contributed by atoms with Gasteiger partial charge in [-0.2, -0.15) is 0 Å². The lowest BCUT2D eigenvalue weighted by molar-refractivity contribution is -0.136. The van der Waals surface area contributed by atoms with E-state index in [4.69, 9.17) is 23.2 Å². The van der Waals surface area contributed by atoms with E-state index in [-0.39, 0.29) is 6.04 Å². The van der Waals surface area contributed by atoms with Crippen LogP contribution in [0.5, 0.6) is 0 Å². The second-order valence-corrected chi connectivity index (χ2v) is 7.42. The van der Waals surface area contributed by atoms with Crippen molar-refractivity contribution in [2.75, 3.05) is 5.32 Å². The Hall–Kier alpha value is -2.04. The second kappa shape index (κ2) is 8.11. The highest BCUT2D eigenvalue weighted by Crippen LogP contribution is 2.25. The van der Waals surface area contributed by atoms with Gasteiger partial charge < -0.3 is 10.6 Å². The molecule has 0 heterocycles. The Balaban J connectivity index is 1.64. The summed E-state index contributed by atoms with van der Waals surface area (Å²) in [7, 11) is 0. The minimum absolute atomic E-state index is 0.261. The van der Waals surface area contributed by atoms with Gasteiger partial charge in [0.1, 0.15) is 0 Å². The van der Waals surface area contributed by atoms with E-state index in [0.29, 0.717) is 15.7 Å². The van der Waals surface area contributed by atoms with Crippen LogP contribution in [0.25, 0.3) is 0 Å². The van der Waals surface area contributed by atoms with Crippen molar-refractivity contribution >= 4 is 40.7 Å². The highest BCUT2D eigenvalue weighted by Gasteiger charge is 2.19. The van der Waals surface area contributed by atoms with Crippen molar-refractivity contribution in [1.29, 1.82) is 0 Å². The predicted octanol–water partition coefficient (Wildman–Crippen LogP) is 4.69. The third-order valence-electron chi connectivity index (χ3n) is 4.55. The summed E-state index contributed by atoms with van der Waals surface area (Å²) in [5, 5.41) is 6.02. The Morgan fingerprint density at radius 2 is 1.58 bits per heavy atom. The van der Waals surface area contributed by atoms with E-state index in [1.165, 1.54) is 36.1 Å². The van der Waals surface area contributed by atoms with Crippen molar-refractivity contribution in [2.45, 2.75) is 38.6 Å². The molecular weight excluding hydrogens is 371 g/mol. The summed E-state index contributed by atoms with van der Waals surface area (Å²) in [4.78, 5) is 24.3. The zero-order valence-electron chi connectivity index (χ0n) is 14.4. The average molecular weight is 391 g/mol. The van der Waals surface area contributed by atoms with E-state index in [1.54, 1.807) is 6.07 Å². The molecule has 4 nitrogen and oxygen atoms in total. The van der Waals surface area contributed by atoms with E-state index in [9.17, 15) is 9.59 Å². The van der Waals surface area contributed by atoms with Crippen molar-refractivity contribution in [3.05, 3.63) is 63.1 Å². The largest absolute Gasteiger partial charge is 0.341 e. The molecule has 136 valence electrons. The van der Waals surface area contributed by atoms with Crippen LogP contribution in [0.15, 0.2) is 36.4 Å². The average Bonchev–Trinajstić information content (AvgIpc) is 2.60. The molecule has 0 saturated carbocycles. The Labute approximate surface area is 162 Å². The number of benzene rings is 2. The van der Waals surface area contributed by atoms with E-state index >= 15 is 0 Å². The van der Waals surface area contributed by atoms with E-state index in [2.05, 4.69) is 22.8 Å². The molecule has 0 aromatic heterocycles. The quantitative estimate of drug-likeness (QED) is 0.746. The number of nitrogens with one attached hydrogen (secondary N) is 2. The van der Waals surface area contributed by atoms with Crippen LogP contribution in [-0.4, -0.2) is 11.8 Å². The summed E-state index contributed by atoms with van der Waals surface area (Å²) >= 11 is 11.8. The lowest BCUT2D eigenvalue weighted by atomic mass is 9.89. The van der Waals surface area contributed by atoms with Gasteiger partial charge >= 0.3 is 11.8 Å². The smallest absolute Gasteiger partial charge is 0.313 e. The maximum absolute atomic E-state index is 12.2. The molecule has 2 amide bonds. The number of hydrogen-bond donors (Lipinski definition) is 2. The Morgan fingerprint density at radius 1 is 0.923 bits per heavy atom. The number of amides is 2. The van der Waals surface area contributed by atoms with Crippen LogP contribution in [0.4, 0.5) is 5.69 Å². The van der Waals surface area contributed by atoms with Gasteiger partial charge in [-0.1, -0.05) is 41.4 Å². The maximum Gasteiger partial charge on any atom is 0.313 e. The molecule has 2 N–H and O–H groups in total. The van der Waals surface area contributed by atoms with Crippen LogP contribution in [0.1, 0.15) is 42.5 Å². The van der Waals surface area contributed by atoms with Crippen molar-refractivity contribution in [3.63, 3.8) is 0 Å². The molecule has 2 aromatic rings. The fourth-order valence-electron chi connectivity index (χ4n) is 3.18. The lowest BCUT2D eigenvalue weighted by Gasteiger charge is -2.20. The number of halogens is 2. The molecule has 1 atom stereocenters. The molecular formula is C20H20Cl2N2O2. The maximum atomic E-state index is 12.2. The molecule has 1 aliphatic carbocycles. The van der Waals surface area contributed by atoms with Gasteiger partial charge in [-0.25, -0.2) is 0 Å². The van der Waals surface area contributed by atoms with Crippen LogP contribution in [0.3, 0.4) is 0 Å². The van der Waals surface area contributed by atoms with Crippen molar-refractivity contribution < 1.29 is 9.59 Å². The first-order valence-corrected chi connectivity index (χ1v) is 9.37. The van der Waals surface area contributed by atoms with Crippen LogP contribution in [0, 0.1) is 0 Å². The third kappa shape index (κ3) is 4.57. The van der Waals surface area contributed by atoms with Gasteiger partial charge in [-0.15, -0.1) is 0 Å². The standard InChI is InChI=1S/C20H20Cl2N2O2/c1-12(14-7-6-13-4-2-3-5-15(13)8-14)23-19(25)20(26)24-18-10-16(21)9-17(22)11-18/h6-12H,2-5H2,1H3,(H,23,25)(H,24,26). The molecule has 0 saturated heterocycles. The minimum Gasteiger partial charge on any atom is -0.341 e. The van der Waals surface area contributed by atoms with Gasteiger partial charge in [-0.3, -0.25) is 9.59 Å². The number of aryl methyl sites for hydroxylation is 2. The number of carbonyl (C=O) groups excluding carboxylic acids is 2. The molecule has 1 unspecified atom stereocenters. The van der Waals surface area contributed by atoms with Gasteiger partial charge in [0.2, 0.25) is 0 Å². The van der Waals surface area contributed by atoms with Crippen LogP contribution in [-0.2, 0) is 22.4 Å². The van der Waals surface area contributed by atoms with Crippen LogP contribution < -0.4 is 10.6 Å². The van der Waals surface area contributed by atoms with Gasteiger partial charge in [0.25, 0.3) is 0 Å². The fraction of sp³-hybridized carbons (Fsp3) is 0.300. The number of anilines is 1. The zero-order valence-corrected chi connectivity index (χ0v) is 16.0. The molecule has 1 aliphatic rings. The minimum atomic E-state index is -0.756. The third-order valence-corrected chi connectivity index (χ3v) is 4.98. The normalized spacial score (nSPS) is 14.3.